The van der Waals surface area contributed by atoms with Gasteiger partial charge in [-0.1, -0.05) is 61.7 Å². The largest absolute Gasteiger partial charge is 0.352 e. The summed E-state index contributed by atoms with van der Waals surface area (Å²) >= 11 is 0. The number of hydrogen-bond acceptors (Lipinski definition) is 3. The van der Waals surface area contributed by atoms with Crippen LogP contribution >= 0.6 is 0 Å². The van der Waals surface area contributed by atoms with Crippen LogP contribution < -0.4 is 10.0 Å². The van der Waals surface area contributed by atoms with E-state index in [0.717, 1.165) is 18.4 Å². The predicted octanol–water partition coefficient (Wildman–Crippen LogP) is 3.90. The quantitative estimate of drug-likeness (QED) is 0.672. The van der Waals surface area contributed by atoms with Crippen LogP contribution in [-0.4, -0.2) is 26.4 Å². The average Bonchev–Trinajstić information content (AvgIpc) is 3.58. The minimum Gasteiger partial charge on any atom is -0.352 e. The number of nitrogens with one attached hydrogen (secondary N) is 2. The molecule has 2 fully saturated rings. The van der Waals surface area contributed by atoms with Crippen molar-refractivity contribution >= 4 is 15.9 Å². The molecule has 4 rings (SSSR count). The summed E-state index contributed by atoms with van der Waals surface area (Å²) in [4.78, 5) is 12.9. The Labute approximate surface area is 179 Å². The molecule has 2 aliphatic carbocycles. The van der Waals surface area contributed by atoms with E-state index in [-0.39, 0.29) is 16.8 Å². The van der Waals surface area contributed by atoms with Crippen LogP contribution in [-0.2, 0) is 21.2 Å². The summed E-state index contributed by atoms with van der Waals surface area (Å²) in [5.41, 5.74) is 2.13. The average molecular weight is 427 g/mol. The first kappa shape index (κ1) is 21.1. The van der Waals surface area contributed by atoms with E-state index in [4.69, 9.17) is 0 Å². The van der Waals surface area contributed by atoms with Gasteiger partial charge in [0.1, 0.15) is 6.04 Å². The van der Waals surface area contributed by atoms with Gasteiger partial charge in [-0.05, 0) is 61.3 Å². The summed E-state index contributed by atoms with van der Waals surface area (Å²) in [6.07, 6.45) is 8.35. The molecule has 2 aromatic rings. The van der Waals surface area contributed by atoms with E-state index in [0.29, 0.717) is 12.3 Å². The minimum absolute atomic E-state index is 0.176. The summed E-state index contributed by atoms with van der Waals surface area (Å²) in [6, 6.07) is 16.0. The topological polar surface area (TPSA) is 75.3 Å². The van der Waals surface area contributed by atoms with Gasteiger partial charge >= 0.3 is 0 Å². The second kappa shape index (κ2) is 9.31. The second-order valence-electron chi connectivity index (χ2n) is 8.55. The second-order valence-corrected chi connectivity index (χ2v) is 10.3. The van der Waals surface area contributed by atoms with Gasteiger partial charge in [-0.2, -0.15) is 4.72 Å². The third kappa shape index (κ3) is 5.49. The molecular weight excluding hydrogens is 396 g/mol. The molecule has 5 nitrogen and oxygen atoms in total. The molecule has 2 aliphatic rings. The maximum atomic E-state index is 13.0. The van der Waals surface area contributed by atoms with E-state index in [9.17, 15) is 13.2 Å². The van der Waals surface area contributed by atoms with Crippen molar-refractivity contribution in [2.24, 2.45) is 0 Å². The molecule has 2 aromatic carbocycles. The zero-order valence-electron chi connectivity index (χ0n) is 17.2. The molecule has 160 valence electrons. The minimum atomic E-state index is -3.80. The lowest BCUT2D eigenvalue weighted by Crippen LogP contribution is -2.48. The smallest absolute Gasteiger partial charge is 0.241 e. The van der Waals surface area contributed by atoms with E-state index in [1.54, 1.807) is 12.1 Å². The SMILES string of the molecule is O=C(NC1CC1)C(Cc1ccccc1)NS(=O)(=O)c1ccc(C2CCCCC2)cc1. The van der Waals surface area contributed by atoms with E-state index in [1.807, 2.05) is 42.5 Å². The molecule has 6 heteroatoms. The summed E-state index contributed by atoms with van der Waals surface area (Å²) in [6.45, 7) is 0. The maximum absolute atomic E-state index is 13.0. The fraction of sp³-hybridized carbons (Fsp3) is 0.458. The molecule has 0 spiro atoms. The highest BCUT2D eigenvalue weighted by molar-refractivity contribution is 7.89. The van der Waals surface area contributed by atoms with Gasteiger partial charge in [0.15, 0.2) is 0 Å². The Morgan fingerprint density at radius 2 is 1.57 bits per heavy atom. The fourth-order valence-electron chi connectivity index (χ4n) is 4.18. The lowest BCUT2D eigenvalue weighted by atomic mass is 9.84. The molecule has 0 bridgehead atoms. The van der Waals surface area contributed by atoms with Crippen LogP contribution in [0.2, 0.25) is 0 Å². The first-order valence-electron chi connectivity index (χ1n) is 11.0. The number of rotatable bonds is 8. The fourth-order valence-corrected chi connectivity index (χ4v) is 5.37. The van der Waals surface area contributed by atoms with Gasteiger partial charge in [0, 0.05) is 6.04 Å². The highest BCUT2D eigenvalue weighted by atomic mass is 32.2. The van der Waals surface area contributed by atoms with Crippen molar-refractivity contribution in [3.8, 4) is 0 Å². The molecule has 0 aliphatic heterocycles. The first-order chi connectivity index (χ1) is 14.5. The van der Waals surface area contributed by atoms with Gasteiger partial charge < -0.3 is 5.32 Å². The Bertz CT molecular complexity index is 948. The highest BCUT2D eigenvalue weighted by Crippen LogP contribution is 2.33. The van der Waals surface area contributed by atoms with Crippen molar-refractivity contribution < 1.29 is 13.2 Å². The molecule has 0 saturated heterocycles. The van der Waals surface area contributed by atoms with Crippen molar-refractivity contribution in [1.29, 1.82) is 0 Å². The van der Waals surface area contributed by atoms with Crippen LogP contribution in [0.3, 0.4) is 0 Å². The van der Waals surface area contributed by atoms with Gasteiger partial charge in [0.2, 0.25) is 15.9 Å². The first-order valence-corrected chi connectivity index (χ1v) is 12.5. The molecule has 30 heavy (non-hydrogen) atoms. The van der Waals surface area contributed by atoms with E-state index in [2.05, 4.69) is 10.0 Å². The molecule has 2 saturated carbocycles. The van der Waals surface area contributed by atoms with Crippen molar-refractivity contribution in [2.75, 3.05) is 0 Å². The van der Waals surface area contributed by atoms with Crippen molar-refractivity contribution in [3.63, 3.8) is 0 Å². The lowest BCUT2D eigenvalue weighted by Gasteiger charge is -2.22. The Balaban J connectivity index is 1.49. The number of amides is 1. The lowest BCUT2D eigenvalue weighted by molar-refractivity contribution is -0.122. The Morgan fingerprint density at radius 3 is 2.20 bits per heavy atom. The van der Waals surface area contributed by atoms with Crippen molar-refractivity contribution in [2.45, 2.75) is 74.3 Å². The predicted molar refractivity (Wildman–Crippen MR) is 118 cm³/mol. The molecule has 1 amide bonds. The number of carbonyl (C=O) groups excluding carboxylic acids is 1. The molecule has 0 heterocycles. The van der Waals surface area contributed by atoms with Crippen LogP contribution in [0.4, 0.5) is 0 Å². The Kier molecular flexibility index (Phi) is 6.54. The van der Waals surface area contributed by atoms with Crippen LogP contribution in [0.15, 0.2) is 59.5 Å². The van der Waals surface area contributed by atoms with Crippen LogP contribution in [0, 0.1) is 0 Å². The van der Waals surface area contributed by atoms with Gasteiger partial charge in [-0.25, -0.2) is 8.42 Å². The van der Waals surface area contributed by atoms with E-state index < -0.39 is 16.1 Å². The van der Waals surface area contributed by atoms with Gasteiger partial charge in [-0.3, -0.25) is 4.79 Å². The number of benzene rings is 2. The number of sulfonamides is 1. The van der Waals surface area contributed by atoms with Crippen LogP contribution in [0.5, 0.6) is 0 Å². The van der Waals surface area contributed by atoms with Crippen LogP contribution in [0.1, 0.15) is 62.0 Å². The molecule has 0 aromatic heterocycles. The molecular formula is C24H30N2O3S. The summed E-state index contributed by atoms with van der Waals surface area (Å²) in [5, 5.41) is 2.93. The van der Waals surface area contributed by atoms with Gasteiger partial charge in [-0.15, -0.1) is 0 Å². The zero-order chi connectivity index (χ0) is 21.0. The van der Waals surface area contributed by atoms with Gasteiger partial charge in [0.25, 0.3) is 0 Å². The number of hydrogen-bond donors (Lipinski definition) is 2. The van der Waals surface area contributed by atoms with Crippen molar-refractivity contribution in [3.05, 3.63) is 65.7 Å². The molecule has 1 unspecified atom stereocenters. The highest BCUT2D eigenvalue weighted by Gasteiger charge is 2.30. The van der Waals surface area contributed by atoms with E-state index in [1.165, 1.54) is 37.7 Å². The molecule has 0 radical (unpaired) electrons. The summed E-state index contributed by atoms with van der Waals surface area (Å²) in [7, 11) is -3.80. The van der Waals surface area contributed by atoms with Crippen LogP contribution in [0.25, 0.3) is 0 Å². The zero-order valence-corrected chi connectivity index (χ0v) is 18.0. The normalized spacial score (nSPS) is 18.7. The monoisotopic (exact) mass is 426 g/mol. The third-order valence-electron chi connectivity index (χ3n) is 6.09. The van der Waals surface area contributed by atoms with Gasteiger partial charge in [0.05, 0.1) is 4.90 Å². The summed E-state index contributed by atoms with van der Waals surface area (Å²) in [5.74, 6) is 0.266. The Hall–Kier alpha value is -2.18. The number of carbonyl (C=O) groups is 1. The van der Waals surface area contributed by atoms with Crippen molar-refractivity contribution in [1.82, 2.24) is 10.0 Å². The standard InChI is InChI=1S/C24H30N2O3S/c27-24(25-21-13-14-21)23(17-18-7-3-1-4-8-18)26-30(28,29)22-15-11-20(12-16-22)19-9-5-2-6-10-19/h1,3-4,7-8,11-12,15-16,19,21,23,26H,2,5-6,9-10,13-14,17H2,(H,25,27). The maximum Gasteiger partial charge on any atom is 0.241 e. The van der Waals surface area contributed by atoms with E-state index >= 15 is 0 Å². The Morgan fingerprint density at radius 1 is 0.900 bits per heavy atom. The third-order valence-corrected chi connectivity index (χ3v) is 7.57. The summed E-state index contributed by atoms with van der Waals surface area (Å²) < 4.78 is 28.7. The molecule has 2 N–H and O–H groups in total. The molecule has 1 atom stereocenters.